The van der Waals surface area contributed by atoms with Gasteiger partial charge in [-0.25, -0.2) is 4.79 Å². The third-order valence-corrected chi connectivity index (χ3v) is 5.70. The van der Waals surface area contributed by atoms with Crippen molar-refractivity contribution in [1.29, 1.82) is 0 Å². The molecule has 2 aromatic carbocycles. The zero-order valence-corrected chi connectivity index (χ0v) is 19.4. The zero-order chi connectivity index (χ0) is 24.8. The number of rotatable bonds is 9. The number of aliphatic carboxylic acids is 1. The van der Waals surface area contributed by atoms with E-state index in [1.807, 2.05) is 48.5 Å². The maximum Gasteiger partial charge on any atom is 0.407 e. The second-order valence-electron chi connectivity index (χ2n) is 8.52. The lowest BCUT2D eigenvalue weighted by Gasteiger charge is -2.21. The number of amides is 3. The minimum atomic E-state index is -1.34. The average Bonchev–Trinajstić information content (AvgIpc) is 3.10. The van der Waals surface area contributed by atoms with Gasteiger partial charge >= 0.3 is 12.1 Å². The van der Waals surface area contributed by atoms with Crippen LogP contribution in [0.15, 0.2) is 48.5 Å². The molecule has 0 aromatic heterocycles. The van der Waals surface area contributed by atoms with Crippen LogP contribution in [0.3, 0.4) is 0 Å². The molecule has 0 bridgehead atoms. The van der Waals surface area contributed by atoms with E-state index in [0.29, 0.717) is 0 Å². The molecule has 180 valence electrons. The number of ether oxygens (including phenoxy) is 1. The number of nitrogens with one attached hydrogen (secondary N) is 2. The molecule has 9 nitrogen and oxygen atoms in total. The molecule has 0 spiro atoms. The first kappa shape index (κ1) is 24.8. The molecular formula is C25H29N3O6. The predicted octanol–water partition coefficient (Wildman–Crippen LogP) is 2.35. The lowest BCUT2D eigenvalue weighted by molar-refractivity contribution is -0.140. The molecule has 0 heterocycles. The Labute approximate surface area is 198 Å². The van der Waals surface area contributed by atoms with Crippen LogP contribution in [0.1, 0.15) is 36.8 Å². The van der Waals surface area contributed by atoms with E-state index in [1.54, 1.807) is 21.0 Å². The Hall–Kier alpha value is -3.88. The van der Waals surface area contributed by atoms with Crippen LogP contribution in [0.2, 0.25) is 0 Å². The molecule has 0 fully saturated rings. The van der Waals surface area contributed by atoms with Gasteiger partial charge in [-0.15, -0.1) is 0 Å². The molecule has 3 rings (SSSR count). The molecule has 0 radical (unpaired) electrons. The number of carbonyl (C=O) groups excluding carboxylic acids is 3. The van der Waals surface area contributed by atoms with Crippen LogP contribution in [0.25, 0.3) is 11.1 Å². The molecule has 9 heteroatoms. The summed E-state index contributed by atoms with van der Waals surface area (Å²) in [6, 6.07) is 13.9. The van der Waals surface area contributed by atoms with E-state index in [-0.39, 0.29) is 24.9 Å². The van der Waals surface area contributed by atoms with E-state index in [0.717, 1.165) is 22.3 Å². The summed E-state index contributed by atoms with van der Waals surface area (Å²) in [6.45, 7) is 1.67. The fourth-order valence-electron chi connectivity index (χ4n) is 4.01. The lowest BCUT2D eigenvalue weighted by atomic mass is 9.98. The molecule has 0 saturated heterocycles. The summed E-state index contributed by atoms with van der Waals surface area (Å²) in [5.74, 6) is -2.31. The Bertz CT molecular complexity index is 1040. The molecule has 2 aromatic rings. The van der Waals surface area contributed by atoms with Gasteiger partial charge < -0.3 is 25.4 Å². The van der Waals surface area contributed by atoms with E-state index in [9.17, 15) is 24.3 Å². The van der Waals surface area contributed by atoms with E-state index >= 15 is 0 Å². The monoisotopic (exact) mass is 467 g/mol. The van der Waals surface area contributed by atoms with E-state index < -0.39 is 36.5 Å². The Morgan fingerprint density at radius 1 is 0.941 bits per heavy atom. The van der Waals surface area contributed by atoms with Crippen LogP contribution < -0.4 is 10.6 Å². The van der Waals surface area contributed by atoms with Crippen molar-refractivity contribution < 1.29 is 29.0 Å². The molecule has 34 heavy (non-hydrogen) atoms. The number of carboxylic acids is 1. The minimum Gasteiger partial charge on any atom is -0.481 e. The van der Waals surface area contributed by atoms with Crippen molar-refractivity contribution in [2.75, 3.05) is 20.7 Å². The number of hydrogen-bond donors (Lipinski definition) is 3. The first-order valence-electron chi connectivity index (χ1n) is 11.0. The third-order valence-electron chi connectivity index (χ3n) is 5.70. The quantitative estimate of drug-likeness (QED) is 0.520. The zero-order valence-electron chi connectivity index (χ0n) is 19.4. The number of carbonyl (C=O) groups is 4. The molecule has 0 aliphatic heterocycles. The largest absolute Gasteiger partial charge is 0.481 e. The first-order valence-corrected chi connectivity index (χ1v) is 11.0. The van der Waals surface area contributed by atoms with Crippen molar-refractivity contribution in [3.63, 3.8) is 0 Å². The highest BCUT2D eigenvalue weighted by atomic mass is 16.5. The second kappa shape index (κ2) is 10.8. The normalized spacial score (nSPS) is 13.7. The molecule has 2 unspecified atom stereocenters. The SMILES string of the molecule is CC(CC(=O)N(C)C)NC(=O)C(CC(=O)O)NC(=O)OCC1c2ccccc2-c2ccccc21. The van der Waals surface area contributed by atoms with Crippen molar-refractivity contribution in [3.05, 3.63) is 59.7 Å². The predicted molar refractivity (Wildman–Crippen MR) is 125 cm³/mol. The van der Waals surface area contributed by atoms with Crippen molar-refractivity contribution in [2.45, 2.75) is 37.8 Å². The van der Waals surface area contributed by atoms with Gasteiger partial charge in [0.2, 0.25) is 11.8 Å². The Balaban J connectivity index is 1.63. The van der Waals surface area contributed by atoms with Crippen LogP contribution in [-0.4, -0.2) is 66.7 Å². The summed E-state index contributed by atoms with van der Waals surface area (Å²) in [6.07, 6.45) is -1.46. The van der Waals surface area contributed by atoms with Crippen LogP contribution in [0.4, 0.5) is 4.79 Å². The van der Waals surface area contributed by atoms with Gasteiger partial charge in [0.05, 0.1) is 6.42 Å². The standard InChI is InChI=1S/C25H29N3O6/c1-15(12-22(29)28(2)3)26-24(32)21(13-23(30)31)27-25(33)34-14-20-18-10-6-4-8-16(18)17-9-5-7-11-19(17)20/h4-11,15,20-21H,12-14H2,1-3H3,(H,26,32)(H,27,33)(H,30,31). The van der Waals surface area contributed by atoms with Crippen molar-refractivity contribution in [2.24, 2.45) is 0 Å². The molecule has 1 aliphatic carbocycles. The highest BCUT2D eigenvalue weighted by molar-refractivity contribution is 5.90. The first-order chi connectivity index (χ1) is 16.2. The van der Waals surface area contributed by atoms with Gasteiger partial charge in [-0.3, -0.25) is 14.4 Å². The summed E-state index contributed by atoms with van der Waals surface area (Å²) in [7, 11) is 3.20. The van der Waals surface area contributed by atoms with Gasteiger partial charge in [-0.05, 0) is 29.2 Å². The van der Waals surface area contributed by atoms with E-state index in [4.69, 9.17) is 4.74 Å². The Kier molecular flexibility index (Phi) is 7.88. The molecule has 0 saturated carbocycles. The molecular weight excluding hydrogens is 438 g/mol. The summed E-state index contributed by atoms with van der Waals surface area (Å²) in [5.41, 5.74) is 4.24. The maximum absolute atomic E-state index is 12.6. The molecule has 1 aliphatic rings. The molecule has 2 atom stereocenters. The van der Waals surface area contributed by atoms with Gasteiger partial charge in [0, 0.05) is 32.5 Å². The smallest absolute Gasteiger partial charge is 0.407 e. The van der Waals surface area contributed by atoms with Crippen molar-refractivity contribution >= 4 is 23.9 Å². The van der Waals surface area contributed by atoms with Crippen LogP contribution in [0.5, 0.6) is 0 Å². The minimum absolute atomic E-state index is 0.0367. The highest BCUT2D eigenvalue weighted by Crippen LogP contribution is 2.44. The van der Waals surface area contributed by atoms with Crippen LogP contribution >= 0.6 is 0 Å². The van der Waals surface area contributed by atoms with Crippen LogP contribution in [-0.2, 0) is 19.1 Å². The van der Waals surface area contributed by atoms with Gasteiger partial charge in [0.15, 0.2) is 0 Å². The van der Waals surface area contributed by atoms with E-state index in [2.05, 4.69) is 10.6 Å². The third kappa shape index (κ3) is 5.92. The van der Waals surface area contributed by atoms with Gasteiger partial charge in [0.1, 0.15) is 12.6 Å². The maximum atomic E-state index is 12.6. The number of hydrogen-bond acceptors (Lipinski definition) is 5. The topological polar surface area (TPSA) is 125 Å². The van der Waals surface area contributed by atoms with Gasteiger partial charge in [-0.1, -0.05) is 48.5 Å². The Morgan fingerprint density at radius 2 is 1.50 bits per heavy atom. The average molecular weight is 468 g/mol. The molecule has 3 N–H and O–H groups in total. The fourth-order valence-corrected chi connectivity index (χ4v) is 4.01. The van der Waals surface area contributed by atoms with Gasteiger partial charge in [-0.2, -0.15) is 0 Å². The van der Waals surface area contributed by atoms with Crippen LogP contribution in [0, 0.1) is 0 Å². The summed E-state index contributed by atoms with van der Waals surface area (Å²) < 4.78 is 5.42. The summed E-state index contributed by atoms with van der Waals surface area (Å²) in [4.78, 5) is 49.6. The van der Waals surface area contributed by atoms with Crippen molar-refractivity contribution in [3.8, 4) is 11.1 Å². The summed E-state index contributed by atoms with van der Waals surface area (Å²) in [5, 5.41) is 14.1. The number of nitrogens with zero attached hydrogens (tertiary/aromatic N) is 1. The van der Waals surface area contributed by atoms with E-state index in [1.165, 1.54) is 4.90 Å². The Morgan fingerprint density at radius 3 is 2.03 bits per heavy atom. The number of benzene rings is 2. The lowest BCUT2D eigenvalue weighted by Crippen LogP contribution is -2.50. The number of carboxylic acid groups (broad SMARTS) is 1. The highest BCUT2D eigenvalue weighted by Gasteiger charge is 2.30. The second-order valence-corrected chi connectivity index (χ2v) is 8.52. The summed E-state index contributed by atoms with van der Waals surface area (Å²) >= 11 is 0. The number of fused-ring (bicyclic) bond motifs is 3. The van der Waals surface area contributed by atoms with Gasteiger partial charge in [0.25, 0.3) is 0 Å². The van der Waals surface area contributed by atoms with Crippen molar-refractivity contribution in [1.82, 2.24) is 15.5 Å². The molecule has 3 amide bonds. The number of alkyl carbamates (subject to hydrolysis) is 1. The fraction of sp³-hybridized carbons (Fsp3) is 0.360.